The Balaban J connectivity index is 2.60. The van der Waals surface area contributed by atoms with Crippen LogP contribution in [-0.4, -0.2) is 44.5 Å². The van der Waals surface area contributed by atoms with Crippen LogP contribution in [0.3, 0.4) is 0 Å². The van der Waals surface area contributed by atoms with Crippen LogP contribution >= 0.6 is 0 Å². The number of rotatable bonds is 4. The largest absolute Gasteiger partial charge is 0.479 e. The SMILES string of the molecule is Cc1nn(C)cc1C(=O)NCC(O)C(=O)O. The smallest absolute Gasteiger partial charge is 0.334 e. The maximum atomic E-state index is 11.5. The van der Waals surface area contributed by atoms with Crippen LogP contribution in [0.1, 0.15) is 16.1 Å². The topological polar surface area (TPSA) is 104 Å². The van der Waals surface area contributed by atoms with Crippen molar-refractivity contribution in [2.24, 2.45) is 7.05 Å². The molecule has 0 fully saturated rings. The van der Waals surface area contributed by atoms with Crippen molar-refractivity contribution in [2.75, 3.05) is 6.54 Å². The van der Waals surface area contributed by atoms with E-state index in [4.69, 9.17) is 10.2 Å². The second kappa shape index (κ2) is 4.75. The Morgan fingerprint density at radius 1 is 1.62 bits per heavy atom. The molecule has 0 aliphatic heterocycles. The number of aromatic nitrogens is 2. The molecule has 0 aromatic carbocycles. The molecule has 0 aliphatic rings. The molecule has 0 radical (unpaired) electrons. The summed E-state index contributed by atoms with van der Waals surface area (Å²) in [5.74, 6) is -1.82. The van der Waals surface area contributed by atoms with Crippen molar-refractivity contribution < 1.29 is 19.8 Å². The van der Waals surface area contributed by atoms with Crippen molar-refractivity contribution in [1.29, 1.82) is 0 Å². The highest BCUT2D eigenvalue weighted by atomic mass is 16.4. The lowest BCUT2D eigenvalue weighted by Crippen LogP contribution is -2.36. The molecule has 16 heavy (non-hydrogen) atoms. The van der Waals surface area contributed by atoms with Crippen molar-refractivity contribution >= 4 is 11.9 Å². The minimum Gasteiger partial charge on any atom is -0.479 e. The van der Waals surface area contributed by atoms with E-state index in [2.05, 4.69) is 10.4 Å². The first kappa shape index (κ1) is 12.2. The average molecular weight is 227 g/mol. The third-order valence-electron chi connectivity index (χ3n) is 2.00. The minimum atomic E-state index is -1.60. The molecule has 0 saturated heterocycles. The van der Waals surface area contributed by atoms with Crippen LogP contribution < -0.4 is 5.32 Å². The summed E-state index contributed by atoms with van der Waals surface area (Å²) in [4.78, 5) is 21.8. The number of aliphatic hydroxyl groups excluding tert-OH is 1. The Bertz CT molecular complexity index is 413. The number of carboxylic acid groups (broad SMARTS) is 1. The van der Waals surface area contributed by atoms with Gasteiger partial charge in [-0.25, -0.2) is 4.79 Å². The van der Waals surface area contributed by atoms with Crippen molar-refractivity contribution in [3.63, 3.8) is 0 Å². The average Bonchev–Trinajstić information content (AvgIpc) is 2.53. The van der Waals surface area contributed by atoms with E-state index >= 15 is 0 Å². The summed E-state index contributed by atoms with van der Waals surface area (Å²) >= 11 is 0. The molecule has 1 amide bonds. The molecule has 0 bridgehead atoms. The van der Waals surface area contributed by atoms with Gasteiger partial charge in [-0.3, -0.25) is 9.48 Å². The van der Waals surface area contributed by atoms with Gasteiger partial charge >= 0.3 is 5.97 Å². The summed E-state index contributed by atoms with van der Waals surface area (Å²) in [6.07, 6.45) is -0.0708. The van der Waals surface area contributed by atoms with Crippen molar-refractivity contribution in [3.05, 3.63) is 17.5 Å². The first-order valence-corrected chi connectivity index (χ1v) is 4.61. The van der Waals surface area contributed by atoms with E-state index in [9.17, 15) is 9.59 Å². The van der Waals surface area contributed by atoms with Gasteiger partial charge in [0.25, 0.3) is 5.91 Å². The fraction of sp³-hybridized carbons (Fsp3) is 0.444. The molecule has 7 nitrogen and oxygen atoms in total. The van der Waals surface area contributed by atoms with E-state index < -0.39 is 18.0 Å². The van der Waals surface area contributed by atoms with Gasteiger partial charge in [0.2, 0.25) is 0 Å². The second-order valence-electron chi connectivity index (χ2n) is 3.37. The first-order chi connectivity index (χ1) is 7.41. The summed E-state index contributed by atoms with van der Waals surface area (Å²) in [6, 6.07) is 0. The van der Waals surface area contributed by atoms with E-state index in [0.717, 1.165) is 0 Å². The summed E-state index contributed by atoms with van der Waals surface area (Å²) in [5.41, 5.74) is 0.907. The molecule has 1 aromatic heterocycles. The van der Waals surface area contributed by atoms with Crippen molar-refractivity contribution in [2.45, 2.75) is 13.0 Å². The quantitative estimate of drug-likeness (QED) is 0.606. The number of nitrogens with one attached hydrogen (secondary N) is 1. The number of hydrogen-bond donors (Lipinski definition) is 3. The molecular weight excluding hydrogens is 214 g/mol. The van der Waals surface area contributed by atoms with Crippen LogP contribution in [0.4, 0.5) is 0 Å². The van der Waals surface area contributed by atoms with E-state index in [1.54, 1.807) is 14.0 Å². The first-order valence-electron chi connectivity index (χ1n) is 4.61. The Morgan fingerprint density at radius 2 is 2.25 bits per heavy atom. The van der Waals surface area contributed by atoms with Gasteiger partial charge in [0.15, 0.2) is 6.10 Å². The monoisotopic (exact) mass is 227 g/mol. The summed E-state index contributed by atoms with van der Waals surface area (Å²) in [6.45, 7) is 1.34. The van der Waals surface area contributed by atoms with Gasteiger partial charge < -0.3 is 15.5 Å². The summed E-state index contributed by atoms with van der Waals surface area (Å²) in [7, 11) is 1.68. The van der Waals surface area contributed by atoms with Gasteiger partial charge in [0, 0.05) is 13.2 Å². The zero-order chi connectivity index (χ0) is 12.3. The number of carboxylic acids is 1. The molecule has 1 heterocycles. The highest BCUT2D eigenvalue weighted by Gasteiger charge is 2.17. The number of aryl methyl sites for hydroxylation is 2. The van der Waals surface area contributed by atoms with Gasteiger partial charge in [0.05, 0.1) is 17.8 Å². The van der Waals surface area contributed by atoms with E-state index in [-0.39, 0.29) is 6.54 Å². The Morgan fingerprint density at radius 3 is 2.69 bits per heavy atom. The molecule has 0 saturated carbocycles. The minimum absolute atomic E-state index is 0.331. The highest BCUT2D eigenvalue weighted by molar-refractivity contribution is 5.95. The lowest BCUT2D eigenvalue weighted by molar-refractivity contribution is -0.146. The van der Waals surface area contributed by atoms with Crippen LogP contribution in [0.15, 0.2) is 6.20 Å². The Hall–Kier alpha value is -1.89. The number of hydrogen-bond acceptors (Lipinski definition) is 4. The lowest BCUT2D eigenvalue weighted by Gasteiger charge is -2.06. The van der Waals surface area contributed by atoms with Crippen LogP contribution in [0, 0.1) is 6.92 Å². The number of carbonyl (C=O) groups excluding carboxylic acids is 1. The predicted molar refractivity (Wildman–Crippen MR) is 53.9 cm³/mol. The zero-order valence-electron chi connectivity index (χ0n) is 8.97. The van der Waals surface area contributed by atoms with E-state index in [1.165, 1.54) is 10.9 Å². The maximum absolute atomic E-state index is 11.5. The Kier molecular flexibility index (Phi) is 3.62. The van der Waals surface area contributed by atoms with Crippen LogP contribution in [0.25, 0.3) is 0 Å². The molecule has 3 N–H and O–H groups in total. The number of carbonyl (C=O) groups is 2. The molecule has 0 spiro atoms. The van der Waals surface area contributed by atoms with Crippen molar-refractivity contribution in [1.82, 2.24) is 15.1 Å². The summed E-state index contributed by atoms with van der Waals surface area (Å²) in [5, 5.41) is 23.7. The van der Waals surface area contributed by atoms with Gasteiger partial charge in [0.1, 0.15) is 0 Å². The van der Waals surface area contributed by atoms with Crippen LogP contribution in [0.2, 0.25) is 0 Å². The van der Waals surface area contributed by atoms with E-state index in [0.29, 0.717) is 11.3 Å². The van der Waals surface area contributed by atoms with Gasteiger partial charge in [-0.15, -0.1) is 0 Å². The molecular formula is C9H13N3O4. The van der Waals surface area contributed by atoms with Crippen molar-refractivity contribution in [3.8, 4) is 0 Å². The molecule has 1 rings (SSSR count). The third kappa shape index (κ3) is 2.80. The maximum Gasteiger partial charge on any atom is 0.334 e. The molecule has 7 heteroatoms. The highest BCUT2D eigenvalue weighted by Crippen LogP contribution is 2.03. The van der Waals surface area contributed by atoms with Gasteiger partial charge in [-0.2, -0.15) is 5.10 Å². The third-order valence-corrected chi connectivity index (χ3v) is 2.00. The predicted octanol–water partition coefficient (Wildman–Crippen LogP) is -1.10. The number of amides is 1. The van der Waals surface area contributed by atoms with Crippen LogP contribution in [0.5, 0.6) is 0 Å². The second-order valence-corrected chi connectivity index (χ2v) is 3.37. The molecule has 1 unspecified atom stereocenters. The van der Waals surface area contributed by atoms with Crippen LogP contribution in [-0.2, 0) is 11.8 Å². The normalized spacial score (nSPS) is 12.2. The molecule has 1 aromatic rings. The van der Waals surface area contributed by atoms with Gasteiger partial charge in [-0.05, 0) is 6.92 Å². The lowest BCUT2D eigenvalue weighted by atomic mass is 10.2. The zero-order valence-corrected chi connectivity index (χ0v) is 8.97. The fourth-order valence-corrected chi connectivity index (χ4v) is 1.19. The Labute approximate surface area is 91.7 Å². The number of nitrogens with zero attached hydrogens (tertiary/aromatic N) is 2. The number of aliphatic hydroxyl groups is 1. The standard InChI is InChI=1S/C9H13N3O4/c1-5-6(4-12(2)11-5)8(14)10-3-7(13)9(15)16/h4,7,13H,3H2,1-2H3,(H,10,14)(H,15,16). The number of aliphatic carboxylic acids is 1. The fourth-order valence-electron chi connectivity index (χ4n) is 1.19. The van der Waals surface area contributed by atoms with E-state index in [1.807, 2.05) is 0 Å². The van der Waals surface area contributed by atoms with Gasteiger partial charge in [-0.1, -0.05) is 0 Å². The summed E-state index contributed by atoms with van der Waals surface area (Å²) < 4.78 is 1.48. The molecule has 1 atom stereocenters. The molecule has 0 aliphatic carbocycles. The molecule has 88 valence electrons.